The molecule has 2 rings (SSSR count). The first kappa shape index (κ1) is 18.2. The van der Waals surface area contributed by atoms with Crippen molar-refractivity contribution in [1.82, 2.24) is 10.9 Å². The molecule has 128 valence electrons. The average Bonchev–Trinajstić information content (AvgIpc) is 2.57. The van der Waals surface area contributed by atoms with Gasteiger partial charge in [0.2, 0.25) is 0 Å². The number of carbonyl (C=O) groups excluding carboxylic acids is 1. The molecule has 6 nitrogen and oxygen atoms in total. The van der Waals surface area contributed by atoms with Crippen LogP contribution in [0.2, 0.25) is 0 Å². The van der Waals surface area contributed by atoms with Gasteiger partial charge in [0.25, 0.3) is 5.91 Å². The molecule has 1 amide bonds. The summed E-state index contributed by atoms with van der Waals surface area (Å²) in [5.74, 6) is -0.0617. The molecule has 0 fully saturated rings. The molecular weight excluding hydrogens is 336 g/mol. The van der Waals surface area contributed by atoms with Gasteiger partial charge in [-0.1, -0.05) is 18.2 Å². The number of hydrogen-bond acceptors (Lipinski definition) is 4. The van der Waals surface area contributed by atoms with E-state index in [-0.39, 0.29) is 11.7 Å². The van der Waals surface area contributed by atoms with Crippen LogP contribution < -0.4 is 20.9 Å². The Morgan fingerprint density at radius 2 is 1.84 bits per heavy atom. The molecule has 0 saturated heterocycles. The van der Waals surface area contributed by atoms with Crippen LogP contribution in [0.15, 0.2) is 42.5 Å². The number of hydrogen-bond donors (Lipinski definition) is 3. The maximum Gasteiger partial charge on any atom is 0.276 e. The number of nitrogens with one attached hydrogen (secondary N) is 3. The van der Waals surface area contributed by atoms with Crippen molar-refractivity contribution < 1.29 is 9.53 Å². The zero-order valence-corrected chi connectivity index (χ0v) is 14.7. The Morgan fingerprint density at radius 3 is 2.52 bits per heavy atom. The van der Waals surface area contributed by atoms with Crippen LogP contribution in [0.4, 0.5) is 5.69 Å². The molecule has 0 aromatic heterocycles. The Bertz CT molecular complexity index is 810. The molecule has 0 unspecified atom stereocenters. The molecular formula is C18H18N4O2S. The number of nitriles is 1. The predicted molar refractivity (Wildman–Crippen MR) is 100 cm³/mol. The Labute approximate surface area is 151 Å². The van der Waals surface area contributed by atoms with E-state index in [1.54, 1.807) is 24.3 Å². The van der Waals surface area contributed by atoms with Crippen molar-refractivity contribution >= 4 is 28.9 Å². The van der Waals surface area contributed by atoms with E-state index in [9.17, 15) is 4.79 Å². The Morgan fingerprint density at radius 1 is 1.16 bits per heavy atom. The summed E-state index contributed by atoms with van der Waals surface area (Å²) in [5, 5.41) is 12.2. The van der Waals surface area contributed by atoms with Crippen molar-refractivity contribution in [1.29, 1.82) is 5.26 Å². The lowest BCUT2D eigenvalue weighted by Crippen LogP contribution is -2.45. The third-order valence-electron chi connectivity index (χ3n) is 3.16. The van der Waals surface area contributed by atoms with Crippen LogP contribution in [0.5, 0.6) is 5.75 Å². The summed E-state index contributed by atoms with van der Waals surface area (Å²) in [5.41, 5.74) is 8.48. The Kier molecular flexibility index (Phi) is 6.32. The second-order valence-corrected chi connectivity index (χ2v) is 5.81. The summed E-state index contributed by atoms with van der Waals surface area (Å²) in [6, 6.07) is 14.7. The molecule has 0 spiro atoms. The normalized spacial score (nSPS) is 9.64. The Balaban J connectivity index is 1.79. The molecule has 0 aliphatic rings. The van der Waals surface area contributed by atoms with Gasteiger partial charge in [-0.3, -0.25) is 15.6 Å². The van der Waals surface area contributed by atoms with E-state index in [0.717, 1.165) is 16.8 Å². The lowest BCUT2D eigenvalue weighted by Gasteiger charge is -2.13. The first-order chi connectivity index (χ1) is 12.0. The molecule has 0 saturated carbocycles. The predicted octanol–water partition coefficient (Wildman–Crippen LogP) is 2.57. The molecule has 0 bridgehead atoms. The lowest BCUT2D eigenvalue weighted by atomic mass is 10.1. The fourth-order valence-corrected chi connectivity index (χ4v) is 2.37. The van der Waals surface area contributed by atoms with Crippen molar-refractivity contribution in [2.75, 3.05) is 11.9 Å². The van der Waals surface area contributed by atoms with Crippen LogP contribution in [0.25, 0.3) is 0 Å². The number of amides is 1. The second kappa shape index (κ2) is 8.66. The largest absolute Gasteiger partial charge is 0.482 e. The quantitative estimate of drug-likeness (QED) is 0.578. The maximum atomic E-state index is 11.8. The van der Waals surface area contributed by atoms with E-state index < -0.39 is 5.91 Å². The first-order valence-electron chi connectivity index (χ1n) is 7.54. The summed E-state index contributed by atoms with van der Waals surface area (Å²) < 4.78 is 5.33. The van der Waals surface area contributed by atoms with Gasteiger partial charge in [0.15, 0.2) is 11.7 Å². The fourth-order valence-electron chi connectivity index (χ4n) is 2.20. The molecule has 2 aromatic rings. The third-order valence-corrected chi connectivity index (χ3v) is 3.37. The van der Waals surface area contributed by atoms with Gasteiger partial charge < -0.3 is 10.1 Å². The van der Waals surface area contributed by atoms with Crippen molar-refractivity contribution in [3.8, 4) is 11.8 Å². The molecule has 0 aliphatic heterocycles. The molecule has 0 atom stereocenters. The van der Waals surface area contributed by atoms with Crippen LogP contribution in [0.1, 0.15) is 16.7 Å². The average molecular weight is 354 g/mol. The minimum atomic E-state index is -0.419. The SMILES string of the molecule is Cc1cc(C)cc(NC(=S)NNC(=O)COc2ccccc2C#N)c1. The number of hydrazine groups is 1. The van der Waals surface area contributed by atoms with E-state index in [4.69, 9.17) is 22.2 Å². The number of aryl methyl sites for hydroxylation is 2. The number of rotatable bonds is 4. The molecule has 2 aromatic carbocycles. The zero-order valence-electron chi connectivity index (χ0n) is 13.9. The van der Waals surface area contributed by atoms with Crippen molar-refractivity contribution in [2.45, 2.75) is 13.8 Å². The smallest absolute Gasteiger partial charge is 0.276 e. The number of carbonyl (C=O) groups is 1. The number of thiocarbonyl (C=S) groups is 1. The van der Waals surface area contributed by atoms with Gasteiger partial charge in [-0.2, -0.15) is 5.26 Å². The van der Waals surface area contributed by atoms with Crippen LogP contribution >= 0.6 is 12.2 Å². The summed E-state index contributed by atoms with van der Waals surface area (Å²) in [6.45, 7) is 3.75. The second-order valence-electron chi connectivity index (χ2n) is 5.40. The van der Waals surface area contributed by atoms with Gasteiger partial charge in [-0.15, -0.1) is 0 Å². The number of para-hydroxylation sites is 1. The lowest BCUT2D eigenvalue weighted by molar-refractivity contribution is -0.123. The highest BCUT2D eigenvalue weighted by atomic mass is 32.1. The minimum absolute atomic E-state index is 0.238. The highest BCUT2D eigenvalue weighted by Gasteiger charge is 2.07. The molecule has 3 N–H and O–H groups in total. The van der Waals surface area contributed by atoms with E-state index >= 15 is 0 Å². The van der Waals surface area contributed by atoms with Crippen LogP contribution in [0.3, 0.4) is 0 Å². The number of ether oxygens (including phenoxy) is 1. The highest BCUT2D eigenvalue weighted by molar-refractivity contribution is 7.80. The molecule has 0 heterocycles. The fraction of sp³-hybridized carbons (Fsp3) is 0.167. The molecule has 0 radical (unpaired) electrons. The summed E-state index contributed by atoms with van der Waals surface area (Å²) >= 11 is 5.14. The van der Waals surface area contributed by atoms with E-state index in [2.05, 4.69) is 22.2 Å². The van der Waals surface area contributed by atoms with Crippen LogP contribution in [0, 0.1) is 25.2 Å². The van der Waals surface area contributed by atoms with Gasteiger partial charge in [-0.05, 0) is 61.5 Å². The number of nitrogens with zero attached hydrogens (tertiary/aromatic N) is 1. The van der Waals surface area contributed by atoms with E-state index in [1.807, 2.05) is 32.0 Å². The number of anilines is 1. The molecule has 0 aliphatic carbocycles. The molecule has 7 heteroatoms. The van der Waals surface area contributed by atoms with Gasteiger partial charge in [0.1, 0.15) is 11.8 Å². The van der Waals surface area contributed by atoms with E-state index in [0.29, 0.717) is 11.3 Å². The van der Waals surface area contributed by atoms with Crippen molar-refractivity contribution in [3.05, 3.63) is 59.2 Å². The van der Waals surface area contributed by atoms with Crippen molar-refractivity contribution in [2.24, 2.45) is 0 Å². The van der Waals surface area contributed by atoms with Gasteiger partial charge in [0, 0.05) is 5.69 Å². The summed E-state index contributed by atoms with van der Waals surface area (Å²) in [4.78, 5) is 11.8. The Hall–Kier alpha value is -3.11. The highest BCUT2D eigenvalue weighted by Crippen LogP contribution is 2.16. The van der Waals surface area contributed by atoms with Crippen LogP contribution in [-0.2, 0) is 4.79 Å². The zero-order chi connectivity index (χ0) is 18.2. The number of benzene rings is 2. The monoisotopic (exact) mass is 354 g/mol. The molecule has 25 heavy (non-hydrogen) atoms. The maximum absolute atomic E-state index is 11.8. The topological polar surface area (TPSA) is 86.2 Å². The van der Waals surface area contributed by atoms with Crippen LogP contribution in [-0.4, -0.2) is 17.6 Å². The summed E-state index contributed by atoms with van der Waals surface area (Å²) in [7, 11) is 0. The van der Waals surface area contributed by atoms with Crippen molar-refractivity contribution in [3.63, 3.8) is 0 Å². The minimum Gasteiger partial charge on any atom is -0.482 e. The first-order valence-corrected chi connectivity index (χ1v) is 7.95. The van der Waals surface area contributed by atoms with Gasteiger partial charge >= 0.3 is 0 Å². The summed E-state index contributed by atoms with van der Waals surface area (Å²) in [6.07, 6.45) is 0. The standard InChI is InChI=1S/C18H18N4O2S/c1-12-7-13(2)9-15(8-12)20-18(25)22-21-17(23)11-24-16-6-4-3-5-14(16)10-19/h3-9H,11H2,1-2H3,(H,21,23)(H2,20,22,25). The third kappa shape index (κ3) is 5.79. The van der Waals surface area contributed by atoms with Gasteiger partial charge in [0.05, 0.1) is 5.56 Å². The van der Waals surface area contributed by atoms with E-state index in [1.165, 1.54) is 0 Å². The van der Waals surface area contributed by atoms with Gasteiger partial charge in [-0.25, -0.2) is 0 Å².